The van der Waals surface area contributed by atoms with Crippen LogP contribution in [0.25, 0.3) is 0 Å². The number of rotatable bonds is 4. The summed E-state index contributed by atoms with van der Waals surface area (Å²) in [6, 6.07) is 4.07. The van der Waals surface area contributed by atoms with Gasteiger partial charge in [-0.05, 0) is 55.7 Å². The van der Waals surface area contributed by atoms with Crippen LogP contribution in [0.3, 0.4) is 0 Å². The van der Waals surface area contributed by atoms with Gasteiger partial charge >= 0.3 is 0 Å². The maximum atomic E-state index is 13.7. The number of hydrogen-bond donors (Lipinski definition) is 1. The van der Waals surface area contributed by atoms with Crippen LogP contribution in [0.1, 0.15) is 38.2 Å². The molecular weight excluding hydrogens is 232 g/mol. The zero-order chi connectivity index (χ0) is 13.2. The molecule has 1 aliphatic carbocycles. The quantitative estimate of drug-likeness (QED) is 0.870. The lowest BCUT2D eigenvalue weighted by Crippen LogP contribution is -2.31. The summed E-state index contributed by atoms with van der Waals surface area (Å²) in [6.07, 6.45) is 4.66. The molecule has 0 bridgehead atoms. The fourth-order valence-electron chi connectivity index (χ4n) is 3.17. The molecule has 2 atom stereocenters. The van der Waals surface area contributed by atoms with Gasteiger partial charge in [-0.3, -0.25) is 0 Å². The molecule has 0 aromatic heterocycles. The molecule has 1 fully saturated rings. The molecule has 0 aliphatic heterocycles. The highest BCUT2D eigenvalue weighted by Gasteiger charge is 2.38. The SMILES string of the molecule is CCC1CCC(CN)(Cc2c(F)cccc2F)C1. The monoisotopic (exact) mass is 253 g/mol. The molecule has 2 rings (SSSR count). The first-order chi connectivity index (χ1) is 8.60. The lowest BCUT2D eigenvalue weighted by molar-refractivity contribution is 0.283. The molecule has 1 aromatic carbocycles. The molecule has 2 N–H and O–H groups in total. The van der Waals surface area contributed by atoms with E-state index < -0.39 is 11.6 Å². The van der Waals surface area contributed by atoms with Crippen molar-refractivity contribution in [3.05, 3.63) is 35.4 Å². The van der Waals surface area contributed by atoms with Crippen LogP contribution in [-0.2, 0) is 6.42 Å². The predicted molar refractivity (Wildman–Crippen MR) is 69.2 cm³/mol. The van der Waals surface area contributed by atoms with Crippen molar-refractivity contribution >= 4 is 0 Å². The van der Waals surface area contributed by atoms with Gasteiger partial charge in [-0.2, -0.15) is 0 Å². The van der Waals surface area contributed by atoms with Crippen molar-refractivity contribution in [2.75, 3.05) is 6.54 Å². The van der Waals surface area contributed by atoms with Crippen molar-refractivity contribution < 1.29 is 8.78 Å². The van der Waals surface area contributed by atoms with E-state index in [1.54, 1.807) is 0 Å². The first-order valence-electron chi connectivity index (χ1n) is 6.73. The van der Waals surface area contributed by atoms with E-state index in [0.29, 0.717) is 18.9 Å². The second-order valence-corrected chi connectivity index (χ2v) is 5.60. The van der Waals surface area contributed by atoms with E-state index in [1.165, 1.54) is 18.2 Å². The number of halogens is 2. The number of hydrogen-bond acceptors (Lipinski definition) is 1. The molecule has 3 heteroatoms. The minimum Gasteiger partial charge on any atom is -0.330 e. The highest BCUT2D eigenvalue weighted by atomic mass is 19.1. The van der Waals surface area contributed by atoms with Gasteiger partial charge in [0.2, 0.25) is 0 Å². The van der Waals surface area contributed by atoms with E-state index in [0.717, 1.165) is 25.7 Å². The van der Waals surface area contributed by atoms with Gasteiger partial charge in [0.05, 0.1) is 0 Å². The van der Waals surface area contributed by atoms with Crippen LogP contribution in [0.5, 0.6) is 0 Å². The Morgan fingerprint density at radius 1 is 1.33 bits per heavy atom. The van der Waals surface area contributed by atoms with Gasteiger partial charge in [0.15, 0.2) is 0 Å². The van der Waals surface area contributed by atoms with Crippen molar-refractivity contribution in [2.45, 2.75) is 39.0 Å². The molecule has 18 heavy (non-hydrogen) atoms. The minimum atomic E-state index is -0.442. The lowest BCUT2D eigenvalue weighted by atomic mass is 9.79. The molecule has 1 saturated carbocycles. The molecule has 1 aromatic rings. The first kappa shape index (κ1) is 13.5. The average molecular weight is 253 g/mol. The third kappa shape index (κ3) is 2.56. The van der Waals surface area contributed by atoms with E-state index in [9.17, 15) is 8.78 Å². The average Bonchev–Trinajstić information content (AvgIpc) is 2.78. The Bertz CT molecular complexity index is 399. The molecule has 1 aliphatic rings. The standard InChI is InChI=1S/C15H21F2N/c1-2-11-6-7-15(8-11,10-18)9-12-13(16)4-3-5-14(12)17/h3-5,11H,2,6-10,18H2,1H3. The normalized spacial score (nSPS) is 27.7. The Morgan fingerprint density at radius 2 is 2.00 bits per heavy atom. The zero-order valence-electron chi connectivity index (χ0n) is 10.9. The molecule has 1 nitrogen and oxygen atoms in total. The van der Waals surface area contributed by atoms with E-state index in [1.807, 2.05) is 0 Å². The molecule has 2 unspecified atom stereocenters. The van der Waals surface area contributed by atoms with Crippen molar-refractivity contribution in [1.29, 1.82) is 0 Å². The topological polar surface area (TPSA) is 26.0 Å². The molecule has 100 valence electrons. The second-order valence-electron chi connectivity index (χ2n) is 5.60. The summed E-state index contributed by atoms with van der Waals surface area (Å²) in [7, 11) is 0. The maximum Gasteiger partial charge on any atom is 0.129 e. The molecule has 0 heterocycles. The van der Waals surface area contributed by atoms with Crippen molar-refractivity contribution in [3.8, 4) is 0 Å². The molecular formula is C15H21F2N. The van der Waals surface area contributed by atoms with Gasteiger partial charge in [-0.25, -0.2) is 8.78 Å². The minimum absolute atomic E-state index is 0.107. The third-order valence-electron chi connectivity index (χ3n) is 4.43. The van der Waals surface area contributed by atoms with Gasteiger partial charge < -0.3 is 5.73 Å². The molecule has 0 radical (unpaired) electrons. The van der Waals surface area contributed by atoms with Crippen LogP contribution in [0.2, 0.25) is 0 Å². The Balaban J connectivity index is 2.21. The van der Waals surface area contributed by atoms with E-state index in [-0.39, 0.29) is 11.0 Å². The number of nitrogens with two attached hydrogens (primary N) is 1. The highest BCUT2D eigenvalue weighted by molar-refractivity contribution is 5.22. The summed E-state index contributed by atoms with van der Waals surface area (Å²) >= 11 is 0. The van der Waals surface area contributed by atoms with Crippen LogP contribution < -0.4 is 5.73 Å². The Hall–Kier alpha value is -0.960. The van der Waals surface area contributed by atoms with E-state index in [2.05, 4.69) is 6.92 Å². The summed E-state index contributed by atoms with van der Waals surface area (Å²) in [5, 5.41) is 0. The van der Waals surface area contributed by atoms with Gasteiger partial charge in [-0.15, -0.1) is 0 Å². The first-order valence-corrected chi connectivity index (χ1v) is 6.73. The number of benzene rings is 1. The van der Waals surface area contributed by atoms with Crippen LogP contribution in [-0.4, -0.2) is 6.54 Å². The second kappa shape index (κ2) is 5.35. The van der Waals surface area contributed by atoms with Gasteiger partial charge in [-0.1, -0.05) is 19.4 Å². The lowest BCUT2D eigenvalue weighted by Gasteiger charge is -2.28. The summed E-state index contributed by atoms with van der Waals surface area (Å²) in [5.41, 5.74) is 5.99. The highest BCUT2D eigenvalue weighted by Crippen LogP contribution is 2.45. The molecule has 0 amide bonds. The van der Waals surface area contributed by atoms with E-state index in [4.69, 9.17) is 5.73 Å². The van der Waals surface area contributed by atoms with Gasteiger partial charge in [0, 0.05) is 5.56 Å². The van der Waals surface area contributed by atoms with E-state index >= 15 is 0 Å². The van der Waals surface area contributed by atoms with Crippen LogP contribution in [0, 0.1) is 23.0 Å². The largest absolute Gasteiger partial charge is 0.330 e. The van der Waals surface area contributed by atoms with Crippen molar-refractivity contribution in [3.63, 3.8) is 0 Å². The predicted octanol–water partition coefficient (Wildman–Crippen LogP) is 3.66. The summed E-state index contributed by atoms with van der Waals surface area (Å²) < 4.78 is 27.4. The summed E-state index contributed by atoms with van der Waals surface area (Å²) in [4.78, 5) is 0. The molecule has 0 saturated heterocycles. The third-order valence-corrected chi connectivity index (χ3v) is 4.43. The Labute approximate surface area is 107 Å². The van der Waals surface area contributed by atoms with Gasteiger partial charge in [0.25, 0.3) is 0 Å². The maximum absolute atomic E-state index is 13.7. The Morgan fingerprint density at radius 3 is 2.50 bits per heavy atom. The van der Waals surface area contributed by atoms with Crippen LogP contribution in [0.4, 0.5) is 8.78 Å². The van der Waals surface area contributed by atoms with Gasteiger partial charge in [0.1, 0.15) is 11.6 Å². The smallest absolute Gasteiger partial charge is 0.129 e. The Kier molecular flexibility index (Phi) is 4.00. The fourth-order valence-corrected chi connectivity index (χ4v) is 3.17. The summed E-state index contributed by atoms with van der Waals surface area (Å²) in [5.74, 6) is -0.228. The van der Waals surface area contributed by atoms with Crippen LogP contribution >= 0.6 is 0 Å². The van der Waals surface area contributed by atoms with Crippen molar-refractivity contribution in [1.82, 2.24) is 0 Å². The van der Waals surface area contributed by atoms with Crippen LogP contribution in [0.15, 0.2) is 18.2 Å². The molecule has 0 spiro atoms. The zero-order valence-corrected chi connectivity index (χ0v) is 10.9. The van der Waals surface area contributed by atoms with Crippen molar-refractivity contribution in [2.24, 2.45) is 17.1 Å². The summed E-state index contributed by atoms with van der Waals surface area (Å²) in [6.45, 7) is 2.68. The fraction of sp³-hybridized carbons (Fsp3) is 0.600.